The van der Waals surface area contributed by atoms with Crippen molar-refractivity contribution in [1.82, 2.24) is 0 Å². The van der Waals surface area contributed by atoms with Gasteiger partial charge in [0.2, 0.25) is 11.8 Å². The molecule has 3 aliphatic carbocycles. The standard InChI is InChI=1S/C21H19NO6/c1-27-9-11-7-17(24)28-16-8-12(3-5-13(11)16)22-20(25)18-10-2-4-14(15(23)6-10)19(18)21(22)26/h3,5,7-8,10,14,18-19H,2,4,6,9H2,1H3. The number of carbonyl (C=O) groups excluding carboxylic acids is 3. The Kier molecular flexibility index (Phi) is 3.77. The summed E-state index contributed by atoms with van der Waals surface area (Å²) in [6.45, 7) is 0.249. The van der Waals surface area contributed by atoms with Gasteiger partial charge in [0.1, 0.15) is 11.4 Å². The van der Waals surface area contributed by atoms with E-state index in [1.165, 1.54) is 18.1 Å². The average molecular weight is 381 g/mol. The molecule has 144 valence electrons. The lowest BCUT2D eigenvalue weighted by Crippen LogP contribution is -2.46. The van der Waals surface area contributed by atoms with Crippen LogP contribution >= 0.6 is 0 Å². The molecule has 28 heavy (non-hydrogen) atoms. The molecular weight excluding hydrogens is 362 g/mol. The van der Waals surface area contributed by atoms with Crippen LogP contribution in [0.5, 0.6) is 0 Å². The summed E-state index contributed by atoms with van der Waals surface area (Å²) in [5, 5.41) is 0.692. The molecule has 1 aromatic carbocycles. The highest BCUT2D eigenvalue weighted by Gasteiger charge is 2.60. The number of Topliss-reactive ketones (excluding diaryl/α,β-unsaturated/α-hetero) is 1. The van der Waals surface area contributed by atoms with Crippen molar-refractivity contribution in [2.75, 3.05) is 12.0 Å². The van der Waals surface area contributed by atoms with Gasteiger partial charge in [-0.15, -0.1) is 0 Å². The Morgan fingerprint density at radius 2 is 1.86 bits per heavy atom. The predicted molar refractivity (Wildman–Crippen MR) is 98.5 cm³/mol. The van der Waals surface area contributed by atoms with E-state index in [2.05, 4.69) is 0 Å². The summed E-state index contributed by atoms with van der Waals surface area (Å²) in [5.41, 5.74) is 0.831. The number of imide groups is 1. The third-order valence-electron chi connectivity index (χ3n) is 6.44. The van der Waals surface area contributed by atoms with Crippen molar-refractivity contribution in [2.45, 2.75) is 25.9 Å². The second kappa shape index (κ2) is 6.10. The van der Waals surface area contributed by atoms with Crippen molar-refractivity contribution >= 4 is 34.3 Å². The maximum atomic E-state index is 13.1. The summed E-state index contributed by atoms with van der Waals surface area (Å²) in [5.74, 6) is -1.80. The first-order chi connectivity index (χ1) is 13.5. The number of anilines is 1. The maximum Gasteiger partial charge on any atom is 0.336 e. The van der Waals surface area contributed by atoms with Gasteiger partial charge in [-0.25, -0.2) is 9.69 Å². The van der Waals surface area contributed by atoms with Crippen LogP contribution in [0.15, 0.2) is 33.5 Å². The van der Waals surface area contributed by atoms with E-state index in [0.717, 1.165) is 6.42 Å². The minimum Gasteiger partial charge on any atom is -0.423 e. The fourth-order valence-electron chi connectivity index (χ4n) is 5.27. The van der Waals surface area contributed by atoms with Crippen LogP contribution in [0.4, 0.5) is 5.69 Å². The van der Waals surface area contributed by atoms with Crippen LogP contribution in [0.1, 0.15) is 24.8 Å². The number of hydrogen-bond acceptors (Lipinski definition) is 6. The molecule has 7 nitrogen and oxygen atoms in total. The number of fused-ring (bicyclic) bond motifs is 3. The van der Waals surface area contributed by atoms with E-state index in [0.29, 0.717) is 35.1 Å². The highest BCUT2D eigenvalue weighted by molar-refractivity contribution is 6.24. The summed E-state index contributed by atoms with van der Waals surface area (Å²) in [6, 6.07) is 6.32. The van der Waals surface area contributed by atoms with Gasteiger partial charge in [-0.2, -0.15) is 0 Å². The second-order valence-electron chi connectivity index (χ2n) is 7.88. The first-order valence-electron chi connectivity index (χ1n) is 9.46. The zero-order chi connectivity index (χ0) is 19.6. The minimum atomic E-state index is -0.546. The highest BCUT2D eigenvalue weighted by atomic mass is 16.5. The van der Waals surface area contributed by atoms with Gasteiger partial charge in [0.25, 0.3) is 0 Å². The number of nitrogens with zero attached hydrogens (tertiary/aromatic N) is 1. The van der Waals surface area contributed by atoms with Crippen molar-refractivity contribution in [3.05, 3.63) is 40.2 Å². The van der Waals surface area contributed by atoms with E-state index in [9.17, 15) is 19.2 Å². The molecule has 4 unspecified atom stereocenters. The number of rotatable bonds is 3. The van der Waals surface area contributed by atoms with Gasteiger partial charge in [0.05, 0.1) is 24.1 Å². The Labute approximate surface area is 160 Å². The lowest BCUT2D eigenvalue weighted by Gasteiger charge is -2.41. The summed E-state index contributed by atoms with van der Waals surface area (Å²) >= 11 is 0. The van der Waals surface area contributed by atoms with Gasteiger partial charge in [0.15, 0.2) is 0 Å². The lowest BCUT2D eigenvalue weighted by molar-refractivity contribution is -0.143. The van der Waals surface area contributed by atoms with Crippen LogP contribution < -0.4 is 10.5 Å². The topological polar surface area (TPSA) is 93.9 Å². The maximum absolute atomic E-state index is 13.1. The fraction of sp³-hybridized carbons (Fsp3) is 0.429. The van der Waals surface area contributed by atoms with Crippen LogP contribution in [0.25, 0.3) is 11.0 Å². The molecule has 0 spiro atoms. The van der Waals surface area contributed by atoms with Crippen LogP contribution in [-0.2, 0) is 25.7 Å². The molecule has 4 fully saturated rings. The number of carbonyl (C=O) groups is 3. The number of ether oxygens (including phenoxy) is 1. The van der Waals surface area contributed by atoms with Crippen molar-refractivity contribution < 1.29 is 23.5 Å². The first-order valence-corrected chi connectivity index (χ1v) is 9.46. The van der Waals surface area contributed by atoms with Crippen molar-refractivity contribution in [3.8, 4) is 0 Å². The summed E-state index contributed by atoms with van der Waals surface area (Å²) in [7, 11) is 1.54. The van der Waals surface area contributed by atoms with E-state index in [4.69, 9.17) is 9.15 Å². The zero-order valence-corrected chi connectivity index (χ0v) is 15.3. The largest absolute Gasteiger partial charge is 0.423 e. The molecule has 2 amide bonds. The molecule has 1 aliphatic heterocycles. The number of amides is 2. The van der Waals surface area contributed by atoms with E-state index in [1.807, 2.05) is 0 Å². The molecule has 6 rings (SSSR count). The van der Waals surface area contributed by atoms with Gasteiger partial charge in [0, 0.05) is 37.0 Å². The molecule has 7 heteroatoms. The van der Waals surface area contributed by atoms with E-state index in [-0.39, 0.29) is 36.0 Å². The predicted octanol–water partition coefficient (Wildman–Crippen LogP) is 2.04. The summed E-state index contributed by atoms with van der Waals surface area (Å²) < 4.78 is 10.4. The Hall–Kier alpha value is -2.80. The molecule has 2 heterocycles. The number of ketones is 1. The molecular formula is C21H19NO6. The van der Waals surface area contributed by atoms with Crippen LogP contribution in [0.2, 0.25) is 0 Å². The minimum absolute atomic E-state index is 0.0457. The van der Waals surface area contributed by atoms with Crippen LogP contribution in [-0.4, -0.2) is 24.7 Å². The van der Waals surface area contributed by atoms with Gasteiger partial charge in [-0.3, -0.25) is 14.4 Å². The summed E-state index contributed by atoms with van der Waals surface area (Å²) in [4.78, 5) is 51.5. The molecule has 0 N–H and O–H groups in total. The SMILES string of the molecule is COCc1cc(=O)oc2cc(N3C(=O)C4C5CCC(C(=O)C5)C4C3=O)ccc12. The highest BCUT2D eigenvalue weighted by Crippen LogP contribution is 2.52. The molecule has 2 aromatic rings. The molecule has 4 aliphatic rings. The quantitative estimate of drug-likeness (QED) is 0.597. The van der Waals surface area contributed by atoms with E-state index in [1.54, 1.807) is 18.2 Å². The molecule has 1 saturated heterocycles. The van der Waals surface area contributed by atoms with Gasteiger partial charge >= 0.3 is 5.63 Å². The Balaban J connectivity index is 1.59. The molecule has 3 saturated carbocycles. The third-order valence-corrected chi connectivity index (χ3v) is 6.44. The van der Waals surface area contributed by atoms with Crippen LogP contribution in [0.3, 0.4) is 0 Å². The van der Waals surface area contributed by atoms with E-state index >= 15 is 0 Å². The van der Waals surface area contributed by atoms with E-state index < -0.39 is 17.5 Å². The van der Waals surface area contributed by atoms with Crippen molar-refractivity contribution in [2.24, 2.45) is 23.7 Å². The van der Waals surface area contributed by atoms with Crippen molar-refractivity contribution in [1.29, 1.82) is 0 Å². The number of methoxy groups -OCH3 is 1. The number of hydrogen-bond donors (Lipinski definition) is 0. The zero-order valence-electron chi connectivity index (χ0n) is 15.3. The molecule has 1 aromatic heterocycles. The Morgan fingerprint density at radius 1 is 1.07 bits per heavy atom. The second-order valence-corrected chi connectivity index (χ2v) is 7.88. The smallest absolute Gasteiger partial charge is 0.336 e. The molecule has 2 bridgehead atoms. The molecule has 0 radical (unpaired) electrons. The van der Waals surface area contributed by atoms with Gasteiger partial charge in [-0.05, 0) is 36.5 Å². The first kappa shape index (κ1) is 17.3. The van der Waals surface area contributed by atoms with Crippen molar-refractivity contribution in [3.63, 3.8) is 0 Å². The Morgan fingerprint density at radius 3 is 2.61 bits per heavy atom. The van der Waals surface area contributed by atoms with Gasteiger partial charge < -0.3 is 9.15 Å². The Bertz CT molecular complexity index is 1090. The number of benzene rings is 1. The average Bonchev–Trinajstić information content (AvgIpc) is 2.94. The fourth-order valence-corrected chi connectivity index (χ4v) is 5.27. The summed E-state index contributed by atoms with van der Waals surface area (Å²) in [6.07, 6.45) is 1.90. The molecule has 4 atom stereocenters. The monoisotopic (exact) mass is 381 g/mol. The third kappa shape index (κ3) is 2.32. The normalized spacial score (nSPS) is 29.0. The van der Waals surface area contributed by atoms with Gasteiger partial charge in [-0.1, -0.05) is 0 Å². The van der Waals surface area contributed by atoms with Crippen LogP contribution in [0, 0.1) is 23.7 Å². The lowest BCUT2D eigenvalue weighted by atomic mass is 9.59.